The van der Waals surface area contributed by atoms with Gasteiger partial charge in [-0.15, -0.1) is 0 Å². The summed E-state index contributed by atoms with van der Waals surface area (Å²) in [6.07, 6.45) is 14.0. The first-order chi connectivity index (χ1) is 15.4. The fraction of sp³-hybridized carbons (Fsp3) is 0.667. The third-order valence-electron chi connectivity index (χ3n) is 4.19. The van der Waals surface area contributed by atoms with Crippen molar-refractivity contribution in [3.8, 4) is 0 Å². The molecule has 2 aliphatic rings. The molecule has 4 rings (SSSR count). The van der Waals surface area contributed by atoms with Crippen LogP contribution in [0.3, 0.4) is 0 Å². The van der Waals surface area contributed by atoms with Gasteiger partial charge in [0.15, 0.2) is 0 Å². The molecule has 0 unspecified atom stereocenters. The molecule has 0 atom stereocenters. The van der Waals surface area contributed by atoms with Crippen molar-refractivity contribution in [3.63, 3.8) is 0 Å². The van der Waals surface area contributed by atoms with Gasteiger partial charge < -0.3 is 0 Å². The molecule has 0 saturated heterocycles. The van der Waals surface area contributed by atoms with Gasteiger partial charge >= 0.3 is 0 Å². The Bertz CT molecular complexity index is 534. The molecule has 2 heteroatoms. The van der Waals surface area contributed by atoms with Crippen LogP contribution in [0, 0.1) is 11.8 Å². The molecule has 0 fully saturated rings. The average molecular weight is 443 g/mol. The molecule has 32 heavy (non-hydrogen) atoms. The Balaban J connectivity index is 0. The van der Waals surface area contributed by atoms with E-state index < -0.39 is 0 Å². The molecule has 0 spiro atoms. The van der Waals surface area contributed by atoms with Gasteiger partial charge in [0.05, 0.1) is 0 Å². The van der Waals surface area contributed by atoms with Crippen LogP contribution in [-0.4, -0.2) is 9.97 Å². The van der Waals surface area contributed by atoms with Gasteiger partial charge in [0.25, 0.3) is 0 Å². The Morgan fingerprint density at radius 1 is 0.531 bits per heavy atom. The molecule has 2 nitrogen and oxygen atoms in total. The van der Waals surface area contributed by atoms with Crippen molar-refractivity contribution in [1.82, 2.24) is 9.97 Å². The molecule has 0 radical (unpaired) electrons. The second kappa shape index (κ2) is 22.5. The molecule has 0 aliphatic heterocycles. The lowest BCUT2D eigenvalue weighted by atomic mass is 9.96. The van der Waals surface area contributed by atoms with E-state index in [1.165, 1.54) is 73.9 Å². The highest BCUT2D eigenvalue weighted by atomic mass is 14.7. The number of aryl methyl sites for hydroxylation is 4. The Morgan fingerprint density at radius 2 is 0.812 bits per heavy atom. The van der Waals surface area contributed by atoms with Crippen molar-refractivity contribution >= 4 is 0 Å². The van der Waals surface area contributed by atoms with E-state index in [-0.39, 0.29) is 0 Å². The van der Waals surface area contributed by atoms with Crippen LogP contribution in [0.1, 0.15) is 117 Å². The molecule has 2 aromatic rings. The fourth-order valence-corrected chi connectivity index (χ4v) is 3.06. The lowest BCUT2D eigenvalue weighted by molar-refractivity contribution is 0.668. The van der Waals surface area contributed by atoms with Gasteiger partial charge in [-0.25, -0.2) is 0 Å². The van der Waals surface area contributed by atoms with E-state index in [2.05, 4.69) is 63.6 Å². The van der Waals surface area contributed by atoms with E-state index in [4.69, 9.17) is 0 Å². The molecule has 0 saturated carbocycles. The summed E-state index contributed by atoms with van der Waals surface area (Å²) in [5.41, 5.74) is 5.59. The Kier molecular flexibility index (Phi) is 22.8. The largest absolute Gasteiger partial charge is 0.261 e. The molecule has 2 aliphatic carbocycles. The van der Waals surface area contributed by atoms with E-state index in [0.29, 0.717) is 0 Å². The summed E-state index contributed by atoms with van der Waals surface area (Å²) < 4.78 is 0. The van der Waals surface area contributed by atoms with Crippen LogP contribution in [-0.2, 0) is 25.7 Å². The molecule has 0 bridgehead atoms. The third kappa shape index (κ3) is 17.9. The summed E-state index contributed by atoms with van der Waals surface area (Å²) in [5.74, 6) is 1.67. The van der Waals surface area contributed by atoms with E-state index in [9.17, 15) is 0 Å². The van der Waals surface area contributed by atoms with Crippen LogP contribution in [0.4, 0.5) is 0 Å². The SMILES string of the molecule is CC.CC.CC(C)C.CC(C)C.c1cnc2c(c1)CCCC2.c1cnc2c(c1)CCCC2. The van der Waals surface area contributed by atoms with Crippen LogP contribution in [0.15, 0.2) is 36.7 Å². The average Bonchev–Trinajstić information content (AvgIpc) is 2.82. The Morgan fingerprint density at radius 3 is 1.09 bits per heavy atom. The van der Waals surface area contributed by atoms with Crippen molar-refractivity contribution in [1.29, 1.82) is 0 Å². The second-order valence-corrected chi connectivity index (χ2v) is 9.10. The first kappa shape index (κ1) is 32.5. The summed E-state index contributed by atoms with van der Waals surface area (Å²) in [7, 11) is 0. The van der Waals surface area contributed by atoms with Gasteiger partial charge in [0.2, 0.25) is 0 Å². The summed E-state index contributed by atoms with van der Waals surface area (Å²) >= 11 is 0. The van der Waals surface area contributed by atoms with Crippen molar-refractivity contribution in [2.45, 2.75) is 121 Å². The molecule has 184 valence electrons. The smallest absolute Gasteiger partial charge is 0.0435 e. The van der Waals surface area contributed by atoms with Crippen LogP contribution in [0.5, 0.6) is 0 Å². The number of rotatable bonds is 0. The van der Waals surface area contributed by atoms with Gasteiger partial charge in [-0.1, -0.05) is 81.4 Å². The minimum Gasteiger partial charge on any atom is -0.261 e. The predicted molar refractivity (Wildman–Crippen MR) is 145 cm³/mol. The van der Waals surface area contributed by atoms with Gasteiger partial charge in [0, 0.05) is 23.8 Å². The highest BCUT2D eigenvalue weighted by molar-refractivity contribution is 5.22. The normalized spacial score (nSPS) is 12.9. The lowest BCUT2D eigenvalue weighted by Crippen LogP contribution is -2.03. The summed E-state index contributed by atoms with van der Waals surface area (Å²) in [5, 5.41) is 0. The summed E-state index contributed by atoms with van der Waals surface area (Å²) in [6.45, 7) is 21.0. The number of hydrogen-bond acceptors (Lipinski definition) is 2. The first-order valence-electron chi connectivity index (χ1n) is 13.3. The zero-order chi connectivity index (χ0) is 24.8. The predicted octanol–water partition coefficient (Wildman–Crippen LogP) is 9.30. The fourth-order valence-electron chi connectivity index (χ4n) is 3.06. The molecule has 2 heterocycles. The highest BCUT2D eigenvalue weighted by Crippen LogP contribution is 2.18. The quantitative estimate of drug-likeness (QED) is 0.406. The number of nitrogens with zero attached hydrogens (tertiary/aromatic N) is 2. The van der Waals surface area contributed by atoms with Crippen LogP contribution >= 0.6 is 0 Å². The Hall–Kier alpha value is -1.70. The van der Waals surface area contributed by atoms with E-state index in [0.717, 1.165) is 11.8 Å². The minimum atomic E-state index is 0.833. The van der Waals surface area contributed by atoms with E-state index in [1.54, 1.807) is 0 Å². The Labute approximate surface area is 201 Å². The standard InChI is InChI=1S/2C9H11N.2C4H10.2C2H6/c2*1-2-6-9-8(4-1)5-3-7-10-9;2*1-4(2)3;2*1-2/h2*3,5,7H,1-2,4,6H2;2*4H,1-3H3;2*1-2H3. The second-order valence-electron chi connectivity index (χ2n) is 9.10. The van der Waals surface area contributed by atoms with Crippen LogP contribution < -0.4 is 0 Å². The molecule has 0 amide bonds. The van der Waals surface area contributed by atoms with Gasteiger partial charge in [-0.3, -0.25) is 9.97 Å². The zero-order valence-electron chi connectivity index (χ0n) is 23.2. The molecular weight excluding hydrogens is 388 g/mol. The van der Waals surface area contributed by atoms with Gasteiger partial charge in [-0.05, 0) is 86.5 Å². The van der Waals surface area contributed by atoms with E-state index in [1.807, 2.05) is 52.2 Å². The van der Waals surface area contributed by atoms with Crippen molar-refractivity contribution in [2.24, 2.45) is 11.8 Å². The maximum Gasteiger partial charge on any atom is 0.0435 e. The first-order valence-corrected chi connectivity index (χ1v) is 13.3. The maximum absolute atomic E-state index is 4.32. The highest BCUT2D eigenvalue weighted by Gasteiger charge is 2.08. The molecule has 0 aromatic carbocycles. The third-order valence-corrected chi connectivity index (χ3v) is 4.19. The maximum atomic E-state index is 4.32. The number of aromatic nitrogens is 2. The monoisotopic (exact) mass is 442 g/mol. The van der Waals surface area contributed by atoms with Gasteiger partial charge in [-0.2, -0.15) is 0 Å². The van der Waals surface area contributed by atoms with Crippen molar-refractivity contribution in [2.75, 3.05) is 0 Å². The summed E-state index contributed by atoms with van der Waals surface area (Å²) in [6, 6.07) is 8.46. The van der Waals surface area contributed by atoms with Crippen molar-refractivity contribution < 1.29 is 0 Å². The van der Waals surface area contributed by atoms with Crippen molar-refractivity contribution in [3.05, 3.63) is 59.2 Å². The number of fused-ring (bicyclic) bond motifs is 2. The molecular formula is C30H54N2. The van der Waals surface area contributed by atoms with Gasteiger partial charge in [0.1, 0.15) is 0 Å². The van der Waals surface area contributed by atoms with E-state index >= 15 is 0 Å². The molecule has 2 aromatic heterocycles. The molecule has 0 N–H and O–H groups in total. The number of pyridine rings is 2. The zero-order valence-corrected chi connectivity index (χ0v) is 23.2. The van der Waals surface area contributed by atoms with Crippen LogP contribution in [0.2, 0.25) is 0 Å². The minimum absolute atomic E-state index is 0.833. The number of hydrogen-bond donors (Lipinski definition) is 0. The van der Waals surface area contributed by atoms with Crippen LogP contribution in [0.25, 0.3) is 0 Å². The lowest BCUT2D eigenvalue weighted by Gasteiger charge is -2.12. The summed E-state index contributed by atoms with van der Waals surface area (Å²) in [4.78, 5) is 8.64. The topological polar surface area (TPSA) is 25.8 Å².